The number of nitriles is 1. The van der Waals surface area contributed by atoms with Gasteiger partial charge < -0.3 is 10.6 Å². The van der Waals surface area contributed by atoms with Gasteiger partial charge in [0.05, 0.1) is 11.6 Å². The van der Waals surface area contributed by atoms with Crippen molar-refractivity contribution < 1.29 is 9.59 Å². The van der Waals surface area contributed by atoms with Crippen molar-refractivity contribution in [2.24, 2.45) is 0 Å². The van der Waals surface area contributed by atoms with Crippen molar-refractivity contribution in [1.82, 2.24) is 4.98 Å². The van der Waals surface area contributed by atoms with E-state index in [4.69, 9.17) is 5.26 Å². The molecule has 3 rings (SSSR count). The number of rotatable bonds is 4. The predicted molar refractivity (Wildman–Crippen MR) is 116 cm³/mol. The highest BCUT2D eigenvalue weighted by molar-refractivity contribution is 6.07. The number of hydrogen-bond donors (Lipinski definition) is 2. The summed E-state index contributed by atoms with van der Waals surface area (Å²) in [6.07, 6.45) is 1.42. The van der Waals surface area contributed by atoms with E-state index in [1.807, 2.05) is 30.3 Å². The van der Waals surface area contributed by atoms with Crippen LogP contribution in [0.4, 0.5) is 11.4 Å². The number of pyridine rings is 1. The summed E-state index contributed by atoms with van der Waals surface area (Å²) >= 11 is 0. The molecule has 1 heterocycles. The highest BCUT2D eigenvalue weighted by Gasteiger charge is 2.15. The van der Waals surface area contributed by atoms with Crippen LogP contribution in [0.3, 0.4) is 0 Å². The van der Waals surface area contributed by atoms with Crippen LogP contribution in [0.25, 0.3) is 0 Å². The molecule has 6 nitrogen and oxygen atoms in total. The standard InChI is InChI=1S/C24H22N4O2/c1-24(2,3)18-6-10-20(11-7-18)27-22(29)17-12-13-26-21(14-17)23(30)28-19-8-4-16(15-25)5-9-19/h4-14H,1-3H3,(H,27,29)(H,28,30). The minimum Gasteiger partial charge on any atom is -0.322 e. The first-order chi connectivity index (χ1) is 14.3. The van der Waals surface area contributed by atoms with Crippen molar-refractivity contribution >= 4 is 23.2 Å². The number of aromatic nitrogens is 1. The summed E-state index contributed by atoms with van der Waals surface area (Å²) in [4.78, 5) is 29.1. The molecule has 150 valence electrons. The number of carbonyl (C=O) groups is 2. The van der Waals surface area contributed by atoms with Gasteiger partial charge in [-0.05, 0) is 59.5 Å². The van der Waals surface area contributed by atoms with E-state index < -0.39 is 5.91 Å². The lowest BCUT2D eigenvalue weighted by molar-refractivity contribution is 0.102. The number of anilines is 2. The van der Waals surface area contributed by atoms with Crippen LogP contribution in [0.1, 0.15) is 52.7 Å². The third kappa shape index (κ3) is 5.09. The van der Waals surface area contributed by atoms with Crippen LogP contribution in [0, 0.1) is 11.3 Å². The van der Waals surface area contributed by atoms with Crippen molar-refractivity contribution in [1.29, 1.82) is 5.26 Å². The summed E-state index contributed by atoms with van der Waals surface area (Å²) in [5, 5.41) is 14.4. The van der Waals surface area contributed by atoms with Crippen molar-refractivity contribution in [2.75, 3.05) is 10.6 Å². The van der Waals surface area contributed by atoms with Crippen molar-refractivity contribution in [3.05, 3.63) is 89.2 Å². The second-order valence-corrected chi connectivity index (χ2v) is 7.85. The molecule has 0 aliphatic rings. The van der Waals surface area contributed by atoms with Crippen molar-refractivity contribution in [3.63, 3.8) is 0 Å². The molecule has 2 amide bonds. The molecular weight excluding hydrogens is 376 g/mol. The Kier molecular flexibility index (Phi) is 5.93. The fraction of sp³-hybridized carbons (Fsp3) is 0.167. The van der Waals surface area contributed by atoms with Crippen LogP contribution in [0.5, 0.6) is 0 Å². The fourth-order valence-electron chi connectivity index (χ4n) is 2.78. The molecule has 0 spiro atoms. The number of nitrogens with one attached hydrogen (secondary N) is 2. The summed E-state index contributed by atoms with van der Waals surface area (Å²) < 4.78 is 0. The van der Waals surface area contributed by atoms with E-state index >= 15 is 0 Å². The Labute approximate surface area is 175 Å². The van der Waals surface area contributed by atoms with Crippen LogP contribution >= 0.6 is 0 Å². The van der Waals surface area contributed by atoms with Gasteiger partial charge in [0, 0.05) is 23.1 Å². The normalized spacial score (nSPS) is 10.7. The number of amides is 2. The molecule has 0 aliphatic carbocycles. The predicted octanol–water partition coefficient (Wildman–Crippen LogP) is 4.76. The maximum Gasteiger partial charge on any atom is 0.274 e. The molecule has 2 N–H and O–H groups in total. The molecule has 0 saturated heterocycles. The Morgan fingerprint density at radius 1 is 0.867 bits per heavy atom. The molecule has 6 heteroatoms. The van der Waals surface area contributed by atoms with Gasteiger partial charge >= 0.3 is 0 Å². The Hall–Kier alpha value is -3.98. The summed E-state index contributed by atoms with van der Waals surface area (Å²) in [5.41, 5.74) is 3.37. The largest absolute Gasteiger partial charge is 0.322 e. The van der Waals surface area contributed by atoms with E-state index in [1.165, 1.54) is 17.8 Å². The number of carbonyl (C=O) groups excluding carboxylic acids is 2. The molecule has 2 aromatic carbocycles. The summed E-state index contributed by atoms with van der Waals surface area (Å²) in [7, 11) is 0. The minimum absolute atomic E-state index is 0.0326. The summed E-state index contributed by atoms with van der Waals surface area (Å²) in [6, 6.07) is 19.2. The maximum atomic E-state index is 12.6. The summed E-state index contributed by atoms with van der Waals surface area (Å²) in [5.74, 6) is -0.766. The van der Waals surface area contributed by atoms with Gasteiger partial charge in [-0.2, -0.15) is 5.26 Å². The lowest BCUT2D eigenvalue weighted by Gasteiger charge is -2.19. The van der Waals surface area contributed by atoms with Gasteiger partial charge in [0.2, 0.25) is 0 Å². The molecule has 0 bridgehead atoms. The average Bonchev–Trinajstić information content (AvgIpc) is 2.74. The fourth-order valence-corrected chi connectivity index (χ4v) is 2.78. The lowest BCUT2D eigenvalue weighted by atomic mass is 9.87. The highest BCUT2D eigenvalue weighted by atomic mass is 16.2. The molecule has 0 atom stereocenters. The third-order valence-corrected chi connectivity index (χ3v) is 4.54. The maximum absolute atomic E-state index is 12.6. The zero-order valence-corrected chi connectivity index (χ0v) is 17.1. The van der Waals surface area contributed by atoms with Crippen LogP contribution < -0.4 is 10.6 Å². The van der Waals surface area contributed by atoms with E-state index in [0.29, 0.717) is 22.5 Å². The Bertz CT molecular complexity index is 1110. The molecule has 0 radical (unpaired) electrons. The zero-order valence-electron chi connectivity index (χ0n) is 17.1. The van der Waals surface area contributed by atoms with Crippen molar-refractivity contribution in [3.8, 4) is 6.07 Å². The molecular formula is C24H22N4O2. The molecule has 0 saturated carbocycles. The topological polar surface area (TPSA) is 94.9 Å². The SMILES string of the molecule is CC(C)(C)c1ccc(NC(=O)c2ccnc(C(=O)Nc3ccc(C#N)cc3)c2)cc1. The Morgan fingerprint density at radius 2 is 1.43 bits per heavy atom. The van der Waals surface area contributed by atoms with Gasteiger partial charge in [-0.3, -0.25) is 14.6 Å². The van der Waals surface area contributed by atoms with Gasteiger partial charge in [0.15, 0.2) is 0 Å². The van der Waals surface area contributed by atoms with Gasteiger partial charge in [0.25, 0.3) is 11.8 Å². The molecule has 1 aromatic heterocycles. The monoisotopic (exact) mass is 398 g/mol. The second kappa shape index (κ2) is 8.58. The minimum atomic E-state index is -0.441. The lowest BCUT2D eigenvalue weighted by Crippen LogP contribution is -2.17. The molecule has 0 unspecified atom stereocenters. The van der Waals surface area contributed by atoms with Crippen LogP contribution in [-0.4, -0.2) is 16.8 Å². The molecule has 0 aliphatic heterocycles. The van der Waals surface area contributed by atoms with E-state index in [0.717, 1.165) is 0 Å². The van der Waals surface area contributed by atoms with Crippen LogP contribution in [0.15, 0.2) is 66.9 Å². The number of nitrogens with zero attached hydrogens (tertiary/aromatic N) is 2. The first-order valence-corrected chi connectivity index (χ1v) is 9.46. The Balaban J connectivity index is 1.70. The highest BCUT2D eigenvalue weighted by Crippen LogP contribution is 2.23. The van der Waals surface area contributed by atoms with Crippen LogP contribution in [0.2, 0.25) is 0 Å². The van der Waals surface area contributed by atoms with E-state index in [1.54, 1.807) is 30.3 Å². The zero-order chi connectivity index (χ0) is 21.7. The van der Waals surface area contributed by atoms with Gasteiger partial charge in [-0.15, -0.1) is 0 Å². The second-order valence-electron chi connectivity index (χ2n) is 7.85. The third-order valence-electron chi connectivity index (χ3n) is 4.54. The first-order valence-electron chi connectivity index (χ1n) is 9.46. The average molecular weight is 398 g/mol. The van der Waals surface area contributed by atoms with Crippen LogP contribution in [-0.2, 0) is 5.41 Å². The van der Waals surface area contributed by atoms with E-state index in [9.17, 15) is 9.59 Å². The van der Waals surface area contributed by atoms with E-state index in [2.05, 4.69) is 36.4 Å². The Morgan fingerprint density at radius 3 is 2.00 bits per heavy atom. The quantitative estimate of drug-likeness (QED) is 0.663. The van der Waals surface area contributed by atoms with E-state index in [-0.39, 0.29) is 17.0 Å². The van der Waals surface area contributed by atoms with Crippen molar-refractivity contribution in [2.45, 2.75) is 26.2 Å². The van der Waals surface area contributed by atoms with Gasteiger partial charge in [0.1, 0.15) is 5.69 Å². The first kappa shape index (κ1) is 20.7. The number of hydrogen-bond acceptors (Lipinski definition) is 4. The molecule has 0 fully saturated rings. The smallest absolute Gasteiger partial charge is 0.274 e. The molecule has 3 aromatic rings. The van der Waals surface area contributed by atoms with Gasteiger partial charge in [-0.25, -0.2) is 0 Å². The van der Waals surface area contributed by atoms with Gasteiger partial charge in [-0.1, -0.05) is 32.9 Å². The summed E-state index contributed by atoms with van der Waals surface area (Å²) in [6.45, 7) is 6.38. The number of benzene rings is 2. The molecule has 30 heavy (non-hydrogen) atoms.